The maximum absolute atomic E-state index is 4.18. The summed E-state index contributed by atoms with van der Waals surface area (Å²) in [5.41, 5.74) is 3.73. The Bertz CT molecular complexity index is 444. The minimum Gasteiger partial charge on any atom is -0.381 e. The highest BCUT2D eigenvalue weighted by atomic mass is 14.9. The van der Waals surface area contributed by atoms with E-state index < -0.39 is 0 Å². The molecular formula is C17H23N. The van der Waals surface area contributed by atoms with Crippen LogP contribution in [0.3, 0.4) is 0 Å². The second kappa shape index (κ2) is 5.43. The zero-order chi connectivity index (χ0) is 13.1. The van der Waals surface area contributed by atoms with Crippen LogP contribution >= 0.6 is 0 Å². The second-order valence-electron chi connectivity index (χ2n) is 5.57. The quantitative estimate of drug-likeness (QED) is 0.781. The lowest BCUT2D eigenvalue weighted by molar-refractivity contribution is 0.330. The van der Waals surface area contributed by atoms with Crippen molar-refractivity contribution >= 4 is 5.70 Å². The maximum Gasteiger partial charge on any atom is 0.0349 e. The van der Waals surface area contributed by atoms with Gasteiger partial charge in [0.25, 0.3) is 0 Å². The van der Waals surface area contributed by atoms with Gasteiger partial charge in [-0.25, -0.2) is 0 Å². The molecule has 0 amide bonds. The fourth-order valence-electron chi connectivity index (χ4n) is 2.97. The van der Waals surface area contributed by atoms with Gasteiger partial charge in [-0.2, -0.15) is 0 Å². The van der Waals surface area contributed by atoms with Crippen molar-refractivity contribution in [2.75, 3.05) is 0 Å². The van der Waals surface area contributed by atoms with Crippen molar-refractivity contribution in [3.05, 3.63) is 54.1 Å². The van der Waals surface area contributed by atoms with Crippen molar-refractivity contribution in [3.8, 4) is 0 Å². The molecule has 3 unspecified atom stereocenters. The molecule has 1 heteroatoms. The first-order valence-corrected chi connectivity index (χ1v) is 6.76. The molecule has 0 aliphatic heterocycles. The molecule has 0 saturated carbocycles. The summed E-state index contributed by atoms with van der Waals surface area (Å²) < 4.78 is 0. The molecule has 1 aromatic carbocycles. The van der Waals surface area contributed by atoms with Gasteiger partial charge in [0.05, 0.1) is 0 Å². The Balaban J connectivity index is 2.08. The molecule has 18 heavy (non-hydrogen) atoms. The third-order valence-electron chi connectivity index (χ3n) is 3.83. The van der Waals surface area contributed by atoms with Crippen LogP contribution in [0.5, 0.6) is 0 Å². The molecule has 0 aromatic heterocycles. The molecule has 1 nitrogen and oxygen atoms in total. The van der Waals surface area contributed by atoms with Crippen molar-refractivity contribution < 1.29 is 0 Å². The number of benzene rings is 1. The van der Waals surface area contributed by atoms with E-state index in [1.807, 2.05) is 6.07 Å². The molecule has 0 saturated heterocycles. The van der Waals surface area contributed by atoms with Gasteiger partial charge in [-0.15, -0.1) is 0 Å². The lowest BCUT2D eigenvalue weighted by atomic mass is 9.80. The summed E-state index contributed by atoms with van der Waals surface area (Å²) in [6.07, 6.45) is 3.57. The van der Waals surface area contributed by atoms with E-state index in [1.54, 1.807) is 0 Å². The van der Waals surface area contributed by atoms with Crippen LogP contribution < -0.4 is 5.32 Å². The van der Waals surface area contributed by atoms with Gasteiger partial charge in [0, 0.05) is 11.7 Å². The summed E-state index contributed by atoms with van der Waals surface area (Å²) >= 11 is 0. The average molecular weight is 241 g/mol. The van der Waals surface area contributed by atoms with Crippen molar-refractivity contribution in [1.29, 1.82) is 0 Å². The standard InChI is InChI=1S/C17H23N/c1-12-10-13(2)17(14(3)11-12)18-15(4)16-8-6-5-7-9-16/h5-10,13-14,17-18H,4,11H2,1-3H3. The van der Waals surface area contributed by atoms with Crippen LogP contribution in [0.2, 0.25) is 0 Å². The number of rotatable bonds is 3. The van der Waals surface area contributed by atoms with E-state index in [2.05, 4.69) is 63.0 Å². The Morgan fingerprint density at radius 2 is 1.89 bits per heavy atom. The third-order valence-corrected chi connectivity index (χ3v) is 3.83. The van der Waals surface area contributed by atoms with Gasteiger partial charge in [0.1, 0.15) is 0 Å². The van der Waals surface area contributed by atoms with E-state index in [1.165, 1.54) is 17.6 Å². The van der Waals surface area contributed by atoms with Gasteiger partial charge in [-0.05, 0) is 30.7 Å². The highest BCUT2D eigenvalue weighted by molar-refractivity contribution is 5.61. The van der Waals surface area contributed by atoms with Gasteiger partial charge in [0.2, 0.25) is 0 Å². The van der Waals surface area contributed by atoms with Crippen LogP contribution in [0.25, 0.3) is 5.70 Å². The van der Waals surface area contributed by atoms with Gasteiger partial charge in [0.15, 0.2) is 0 Å². The lowest BCUT2D eigenvalue weighted by Gasteiger charge is -2.35. The Kier molecular flexibility index (Phi) is 3.90. The van der Waals surface area contributed by atoms with Crippen molar-refractivity contribution in [2.24, 2.45) is 11.8 Å². The fourth-order valence-corrected chi connectivity index (χ4v) is 2.97. The van der Waals surface area contributed by atoms with Gasteiger partial charge in [-0.3, -0.25) is 0 Å². The van der Waals surface area contributed by atoms with Crippen LogP contribution in [0.4, 0.5) is 0 Å². The van der Waals surface area contributed by atoms with Gasteiger partial charge in [-0.1, -0.05) is 62.4 Å². The molecular weight excluding hydrogens is 218 g/mol. The smallest absolute Gasteiger partial charge is 0.0349 e. The molecule has 0 spiro atoms. The monoisotopic (exact) mass is 241 g/mol. The third kappa shape index (κ3) is 2.84. The van der Waals surface area contributed by atoms with Crippen LogP contribution in [0.1, 0.15) is 32.8 Å². The normalized spacial score (nSPS) is 27.5. The SMILES string of the molecule is C=C(NC1C(C)C=C(C)CC1C)c1ccccc1. The van der Waals surface area contributed by atoms with Gasteiger partial charge < -0.3 is 5.32 Å². The fraction of sp³-hybridized carbons (Fsp3) is 0.412. The Morgan fingerprint density at radius 3 is 2.50 bits per heavy atom. The molecule has 1 aromatic rings. The molecule has 0 radical (unpaired) electrons. The maximum atomic E-state index is 4.18. The minimum atomic E-state index is 0.487. The predicted octanol–water partition coefficient (Wildman–Crippen LogP) is 4.24. The highest BCUT2D eigenvalue weighted by Crippen LogP contribution is 2.29. The highest BCUT2D eigenvalue weighted by Gasteiger charge is 2.26. The Morgan fingerprint density at radius 1 is 1.22 bits per heavy atom. The number of hydrogen-bond donors (Lipinski definition) is 1. The van der Waals surface area contributed by atoms with E-state index in [0.717, 1.165) is 5.70 Å². The van der Waals surface area contributed by atoms with Crippen molar-refractivity contribution in [2.45, 2.75) is 33.2 Å². The first-order chi connectivity index (χ1) is 8.58. The first kappa shape index (κ1) is 12.9. The van der Waals surface area contributed by atoms with Crippen molar-refractivity contribution in [1.82, 2.24) is 5.32 Å². The Hall–Kier alpha value is -1.50. The molecule has 1 aliphatic carbocycles. The number of allylic oxidation sites excluding steroid dienone is 1. The molecule has 96 valence electrons. The molecule has 3 atom stereocenters. The van der Waals surface area contributed by atoms with E-state index in [0.29, 0.717) is 17.9 Å². The van der Waals surface area contributed by atoms with E-state index in [-0.39, 0.29) is 0 Å². The molecule has 0 fully saturated rings. The summed E-state index contributed by atoms with van der Waals surface area (Å²) in [5, 5.41) is 3.62. The summed E-state index contributed by atoms with van der Waals surface area (Å²) in [7, 11) is 0. The topological polar surface area (TPSA) is 12.0 Å². The van der Waals surface area contributed by atoms with Crippen LogP contribution in [-0.2, 0) is 0 Å². The van der Waals surface area contributed by atoms with E-state index >= 15 is 0 Å². The van der Waals surface area contributed by atoms with Crippen molar-refractivity contribution in [3.63, 3.8) is 0 Å². The summed E-state index contributed by atoms with van der Waals surface area (Å²) in [6, 6.07) is 10.8. The molecule has 1 N–H and O–H groups in total. The summed E-state index contributed by atoms with van der Waals surface area (Å²) in [5.74, 6) is 1.22. The molecule has 0 bridgehead atoms. The van der Waals surface area contributed by atoms with E-state index in [9.17, 15) is 0 Å². The minimum absolute atomic E-state index is 0.487. The summed E-state index contributed by atoms with van der Waals surface area (Å²) in [6.45, 7) is 11.0. The summed E-state index contributed by atoms with van der Waals surface area (Å²) in [4.78, 5) is 0. The number of nitrogens with one attached hydrogen (secondary N) is 1. The second-order valence-corrected chi connectivity index (χ2v) is 5.57. The van der Waals surface area contributed by atoms with Crippen LogP contribution in [0.15, 0.2) is 48.6 Å². The Labute approximate surface area is 111 Å². The zero-order valence-corrected chi connectivity index (χ0v) is 11.6. The number of hydrogen-bond acceptors (Lipinski definition) is 1. The van der Waals surface area contributed by atoms with Crippen LogP contribution in [0, 0.1) is 11.8 Å². The van der Waals surface area contributed by atoms with E-state index in [4.69, 9.17) is 0 Å². The predicted molar refractivity (Wildman–Crippen MR) is 79.1 cm³/mol. The largest absolute Gasteiger partial charge is 0.381 e. The molecule has 2 rings (SSSR count). The molecule has 1 aliphatic rings. The first-order valence-electron chi connectivity index (χ1n) is 6.76. The zero-order valence-electron chi connectivity index (χ0n) is 11.6. The molecule has 0 heterocycles. The van der Waals surface area contributed by atoms with Crippen LogP contribution in [-0.4, -0.2) is 6.04 Å². The van der Waals surface area contributed by atoms with Gasteiger partial charge >= 0.3 is 0 Å². The lowest BCUT2D eigenvalue weighted by Crippen LogP contribution is -2.40. The average Bonchev–Trinajstić information content (AvgIpc) is 2.34.